The van der Waals surface area contributed by atoms with E-state index in [2.05, 4.69) is 52.1 Å². The molecule has 3 rings (SSSR count). The summed E-state index contributed by atoms with van der Waals surface area (Å²) in [4.78, 5) is 0. The Morgan fingerprint density at radius 2 is 1.86 bits per heavy atom. The first-order valence-electron chi connectivity index (χ1n) is 7.28. The third-order valence-corrected chi connectivity index (χ3v) is 5.07. The second-order valence-electron chi connectivity index (χ2n) is 5.17. The van der Waals surface area contributed by atoms with Crippen LogP contribution in [0.4, 0.5) is 5.69 Å². The van der Waals surface area contributed by atoms with E-state index in [1.807, 2.05) is 24.1 Å². The third kappa shape index (κ3) is 3.94. The van der Waals surface area contributed by atoms with Gasteiger partial charge < -0.3 is 0 Å². The van der Waals surface area contributed by atoms with Crippen molar-refractivity contribution in [1.29, 1.82) is 0 Å². The van der Waals surface area contributed by atoms with E-state index in [0.717, 1.165) is 17.3 Å². The molecule has 2 aromatic carbocycles. The lowest BCUT2D eigenvalue weighted by Gasteiger charge is -2.29. The van der Waals surface area contributed by atoms with Gasteiger partial charge >= 0.3 is 0 Å². The van der Waals surface area contributed by atoms with Gasteiger partial charge in [0, 0.05) is 16.5 Å². The zero-order valence-electron chi connectivity index (χ0n) is 11.8. The molecule has 2 nitrogen and oxygen atoms in total. The minimum Gasteiger partial charge on any atom is -0.299 e. The summed E-state index contributed by atoms with van der Waals surface area (Å²) in [5.74, 6) is 0.949. The lowest BCUT2D eigenvalue weighted by Crippen LogP contribution is -2.37. The first kappa shape index (κ1) is 14.8. The molecule has 21 heavy (non-hydrogen) atoms. The van der Waals surface area contributed by atoms with Crippen LogP contribution in [-0.2, 0) is 5.75 Å². The molecule has 1 atom stereocenters. The van der Waals surface area contributed by atoms with Gasteiger partial charge in [0.1, 0.15) is 0 Å². The summed E-state index contributed by atoms with van der Waals surface area (Å²) < 4.78 is 2.40. The molecule has 0 amide bonds. The van der Waals surface area contributed by atoms with Crippen molar-refractivity contribution in [3.05, 3.63) is 65.2 Å². The zero-order chi connectivity index (χ0) is 14.5. The smallest absolute Gasteiger partial charge is 0.0904 e. The van der Waals surface area contributed by atoms with Gasteiger partial charge in [-0.1, -0.05) is 41.9 Å². The van der Waals surface area contributed by atoms with E-state index in [4.69, 9.17) is 11.6 Å². The van der Waals surface area contributed by atoms with Crippen LogP contribution in [0.15, 0.2) is 54.6 Å². The first-order valence-corrected chi connectivity index (χ1v) is 8.60. The van der Waals surface area contributed by atoms with E-state index < -0.39 is 0 Å². The van der Waals surface area contributed by atoms with Crippen LogP contribution in [0.1, 0.15) is 18.4 Å². The maximum absolute atomic E-state index is 5.95. The number of nitrogens with zero attached hydrogens (tertiary/aromatic N) is 1. The number of para-hydroxylation sites is 1. The van der Waals surface area contributed by atoms with Gasteiger partial charge in [0.05, 0.1) is 6.17 Å². The van der Waals surface area contributed by atoms with Gasteiger partial charge in [-0.05, 0) is 61.2 Å². The predicted molar refractivity (Wildman–Crippen MR) is 92.7 cm³/mol. The molecule has 110 valence electrons. The van der Waals surface area contributed by atoms with Crippen LogP contribution in [0.2, 0.25) is 5.02 Å². The van der Waals surface area contributed by atoms with Crippen molar-refractivity contribution in [3.63, 3.8) is 0 Å². The van der Waals surface area contributed by atoms with Crippen molar-refractivity contribution in [2.24, 2.45) is 0 Å². The number of hydrogen-bond donors (Lipinski definition) is 1. The first-order chi connectivity index (χ1) is 10.3. The molecule has 1 N–H and O–H groups in total. The van der Waals surface area contributed by atoms with Gasteiger partial charge in [0.25, 0.3) is 0 Å². The van der Waals surface area contributed by atoms with E-state index >= 15 is 0 Å². The standard InChI is InChI=1S/C17H19ClN2S/c18-15-10-8-14(9-11-15)13-21-20(17-7-4-12-19-17)16-5-2-1-3-6-16/h1-3,5-6,8-11,17,19H,4,7,12-13H2. The number of rotatable bonds is 5. The summed E-state index contributed by atoms with van der Waals surface area (Å²) in [5, 5.41) is 4.38. The molecule has 1 unspecified atom stereocenters. The van der Waals surface area contributed by atoms with Crippen molar-refractivity contribution >= 4 is 29.2 Å². The number of anilines is 1. The van der Waals surface area contributed by atoms with Crippen molar-refractivity contribution in [2.75, 3.05) is 10.8 Å². The third-order valence-electron chi connectivity index (χ3n) is 3.61. The Bertz CT molecular complexity index is 553. The predicted octanol–water partition coefficient (Wildman–Crippen LogP) is 4.70. The summed E-state index contributed by atoms with van der Waals surface area (Å²) in [5.41, 5.74) is 2.55. The van der Waals surface area contributed by atoms with Crippen molar-refractivity contribution in [2.45, 2.75) is 24.8 Å². The van der Waals surface area contributed by atoms with Crippen LogP contribution < -0.4 is 9.62 Å². The van der Waals surface area contributed by atoms with E-state index in [-0.39, 0.29) is 0 Å². The Kier molecular flexibility index (Phi) is 5.07. The zero-order valence-corrected chi connectivity index (χ0v) is 13.4. The van der Waals surface area contributed by atoms with Gasteiger partial charge in [-0.25, -0.2) is 0 Å². The fourth-order valence-corrected chi connectivity index (χ4v) is 3.75. The van der Waals surface area contributed by atoms with E-state index in [1.165, 1.54) is 24.1 Å². The Hall–Kier alpha value is -1.16. The summed E-state index contributed by atoms with van der Waals surface area (Å²) in [6, 6.07) is 18.7. The average Bonchev–Trinajstić information content (AvgIpc) is 3.05. The average molecular weight is 319 g/mol. The summed E-state index contributed by atoms with van der Waals surface area (Å²) in [7, 11) is 0. The molecule has 0 saturated carbocycles. The minimum atomic E-state index is 0.421. The molecule has 1 heterocycles. The molecule has 1 aliphatic rings. The molecular formula is C17H19ClN2S. The maximum atomic E-state index is 5.95. The van der Waals surface area contributed by atoms with E-state index in [1.54, 1.807) is 0 Å². The fourth-order valence-electron chi connectivity index (χ4n) is 2.51. The number of nitrogens with one attached hydrogen (secondary N) is 1. The monoisotopic (exact) mass is 318 g/mol. The van der Waals surface area contributed by atoms with E-state index in [9.17, 15) is 0 Å². The Balaban J connectivity index is 1.71. The largest absolute Gasteiger partial charge is 0.299 e. The Labute approximate surface area is 135 Å². The van der Waals surface area contributed by atoms with Crippen LogP contribution in [-0.4, -0.2) is 12.7 Å². The lowest BCUT2D eigenvalue weighted by molar-refractivity contribution is 0.641. The number of halogens is 1. The minimum absolute atomic E-state index is 0.421. The highest BCUT2D eigenvalue weighted by atomic mass is 35.5. The molecule has 1 aliphatic heterocycles. The van der Waals surface area contributed by atoms with E-state index in [0.29, 0.717) is 6.17 Å². The summed E-state index contributed by atoms with van der Waals surface area (Å²) >= 11 is 7.81. The van der Waals surface area contributed by atoms with Crippen LogP contribution in [0, 0.1) is 0 Å². The van der Waals surface area contributed by atoms with Gasteiger partial charge in [-0.3, -0.25) is 9.62 Å². The topological polar surface area (TPSA) is 15.3 Å². The molecule has 4 heteroatoms. The quantitative estimate of drug-likeness (QED) is 0.804. The van der Waals surface area contributed by atoms with Gasteiger partial charge in [0.15, 0.2) is 0 Å². The molecule has 2 aromatic rings. The van der Waals surface area contributed by atoms with Crippen LogP contribution in [0.25, 0.3) is 0 Å². The maximum Gasteiger partial charge on any atom is 0.0904 e. The molecule has 0 bridgehead atoms. The highest BCUT2D eigenvalue weighted by Gasteiger charge is 2.22. The Morgan fingerprint density at radius 1 is 1.10 bits per heavy atom. The molecule has 1 saturated heterocycles. The molecule has 1 fully saturated rings. The van der Waals surface area contributed by atoms with Crippen LogP contribution in [0.5, 0.6) is 0 Å². The second kappa shape index (κ2) is 7.21. The van der Waals surface area contributed by atoms with Gasteiger partial charge in [-0.15, -0.1) is 0 Å². The molecule has 0 aromatic heterocycles. The summed E-state index contributed by atoms with van der Waals surface area (Å²) in [6.45, 7) is 1.11. The highest BCUT2D eigenvalue weighted by Crippen LogP contribution is 2.30. The lowest BCUT2D eigenvalue weighted by atomic mass is 10.2. The number of hydrogen-bond acceptors (Lipinski definition) is 3. The highest BCUT2D eigenvalue weighted by molar-refractivity contribution is 7.99. The normalized spacial score (nSPS) is 17.9. The molecule has 0 aliphatic carbocycles. The van der Waals surface area contributed by atoms with Gasteiger partial charge in [-0.2, -0.15) is 0 Å². The summed E-state index contributed by atoms with van der Waals surface area (Å²) in [6.07, 6.45) is 2.86. The molecule has 0 spiro atoms. The molecule has 0 radical (unpaired) electrons. The second-order valence-corrected chi connectivity index (χ2v) is 6.55. The van der Waals surface area contributed by atoms with Gasteiger partial charge in [0.2, 0.25) is 0 Å². The van der Waals surface area contributed by atoms with Crippen molar-refractivity contribution in [1.82, 2.24) is 5.32 Å². The van der Waals surface area contributed by atoms with Crippen LogP contribution >= 0.6 is 23.5 Å². The van der Waals surface area contributed by atoms with Crippen molar-refractivity contribution < 1.29 is 0 Å². The molecular weight excluding hydrogens is 300 g/mol. The SMILES string of the molecule is Clc1ccc(CSN(c2ccccc2)C2CCCN2)cc1. The number of benzene rings is 2. The van der Waals surface area contributed by atoms with Crippen molar-refractivity contribution in [3.8, 4) is 0 Å². The fraction of sp³-hybridized carbons (Fsp3) is 0.294. The van der Waals surface area contributed by atoms with Crippen LogP contribution in [0.3, 0.4) is 0 Å². The Morgan fingerprint density at radius 3 is 2.52 bits per heavy atom.